The van der Waals surface area contributed by atoms with Crippen molar-refractivity contribution in [1.82, 2.24) is 5.06 Å². The number of methoxy groups -OCH3 is 1. The average Bonchev–Trinajstić information content (AvgIpc) is 3.25. The highest BCUT2D eigenvalue weighted by molar-refractivity contribution is 7.17. The molecule has 0 radical (unpaired) electrons. The predicted octanol–water partition coefficient (Wildman–Crippen LogP) is 3.79. The lowest BCUT2D eigenvalue weighted by molar-refractivity contribution is -0.0582. The highest BCUT2D eigenvalue weighted by atomic mass is 32.1. The summed E-state index contributed by atoms with van der Waals surface area (Å²) in [6.07, 6.45) is 0. The van der Waals surface area contributed by atoms with Crippen LogP contribution in [0.25, 0.3) is 10.4 Å². The smallest absolute Gasteiger partial charge is 0.377 e. The second kappa shape index (κ2) is 6.69. The van der Waals surface area contributed by atoms with Crippen molar-refractivity contribution in [2.24, 2.45) is 0 Å². The molecule has 1 aliphatic heterocycles. The van der Waals surface area contributed by atoms with Gasteiger partial charge < -0.3 is 9.57 Å². The normalized spacial score (nSPS) is 12.9. The number of hydroxylamine groups is 2. The number of ether oxygens (including phenoxy) is 1. The van der Waals surface area contributed by atoms with Gasteiger partial charge in [0.25, 0.3) is 11.8 Å². The first-order valence-corrected chi connectivity index (χ1v) is 8.85. The Morgan fingerprint density at radius 2 is 1.52 bits per heavy atom. The molecule has 0 spiro atoms. The summed E-state index contributed by atoms with van der Waals surface area (Å²) in [6.45, 7) is 0. The van der Waals surface area contributed by atoms with E-state index in [1.807, 2.05) is 30.3 Å². The molecule has 27 heavy (non-hydrogen) atoms. The largest absolute Gasteiger partial charge is 0.495 e. The molecular weight excluding hydrogens is 366 g/mol. The number of hydrogen-bond donors (Lipinski definition) is 0. The standard InChI is InChI=1S/C20H13NO5S/c1-25-15-11-16(12-7-3-2-4-8-12)27-17(15)20(24)26-21-18(22)13-9-5-6-10-14(13)19(21)23/h2-11H,1H3. The van der Waals surface area contributed by atoms with Crippen LogP contribution in [0.1, 0.15) is 30.4 Å². The van der Waals surface area contributed by atoms with Crippen molar-refractivity contribution < 1.29 is 24.0 Å². The molecule has 0 saturated carbocycles. The molecule has 4 rings (SSSR count). The van der Waals surface area contributed by atoms with E-state index in [-0.39, 0.29) is 16.0 Å². The third kappa shape index (κ3) is 2.88. The third-order valence-electron chi connectivity index (χ3n) is 4.09. The summed E-state index contributed by atoms with van der Waals surface area (Å²) < 4.78 is 5.27. The Labute approximate surface area is 158 Å². The molecule has 1 aliphatic rings. The zero-order valence-corrected chi connectivity index (χ0v) is 15.0. The van der Waals surface area contributed by atoms with Crippen LogP contribution >= 0.6 is 11.3 Å². The molecule has 0 bridgehead atoms. The van der Waals surface area contributed by atoms with Gasteiger partial charge in [0.15, 0.2) is 4.88 Å². The van der Waals surface area contributed by atoms with Gasteiger partial charge in [0.1, 0.15) is 5.75 Å². The SMILES string of the molecule is COc1cc(-c2ccccc2)sc1C(=O)ON1C(=O)c2ccccc2C1=O. The van der Waals surface area contributed by atoms with Crippen LogP contribution in [-0.2, 0) is 4.84 Å². The number of carbonyl (C=O) groups excluding carboxylic acids is 3. The topological polar surface area (TPSA) is 72.9 Å². The lowest BCUT2D eigenvalue weighted by atomic mass is 10.1. The molecular formula is C20H13NO5S. The molecule has 6 nitrogen and oxygen atoms in total. The fourth-order valence-electron chi connectivity index (χ4n) is 2.79. The summed E-state index contributed by atoms with van der Waals surface area (Å²) in [7, 11) is 1.44. The van der Waals surface area contributed by atoms with Crippen molar-refractivity contribution in [3.63, 3.8) is 0 Å². The summed E-state index contributed by atoms with van der Waals surface area (Å²) in [5.74, 6) is -1.83. The van der Waals surface area contributed by atoms with E-state index < -0.39 is 17.8 Å². The van der Waals surface area contributed by atoms with Crippen LogP contribution in [0, 0.1) is 0 Å². The van der Waals surface area contributed by atoms with Gasteiger partial charge >= 0.3 is 5.97 Å². The fourth-order valence-corrected chi connectivity index (χ4v) is 3.79. The molecule has 0 aliphatic carbocycles. The Kier molecular flexibility index (Phi) is 4.21. The quantitative estimate of drug-likeness (QED) is 0.645. The Bertz CT molecular complexity index is 1020. The van der Waals surface area contributed by atoms with Gasteiger partial charge in [0, 0.05) is 4.88 Å². The van der Waals surface area contributed by atoms with E-state index in [1.165, 1.54) is 30.6 Å². The minimum Gasteiger partial charge on any atom is -0.495 e. The van der Waals surface area contributed by atoms with Gasteiger partial charge in [0.2, 0.25) is 0 Å². The van der Waals surface area contributed by atoms with Crippen LogP contribution in [0.5, 0.6) is 5.75 Å². The highest BCUT2D eigenvalue weighted by Gasteiger charge is 2.39. The van der Waals surface area contributed by atoms with E-state index in [1.54, 1.807) is 18.2 Å². The summed E-state index contributed by atoms with van der Waals surface area (Å²) in [4.78, 5) is 43.4. The minimum absolute atomic E-state index is 0.174. The summed E-state index contributed by atoms with van der Waals surface area (Å²) in [5.41, 5.74) is 1.33. The van der Waals surface area contributed by atoms with E-state index in [4.69, 9.17) is 9.57 Å². The first kappa shape index (κ1) is 17.0. The van der Waals surface area contributed by atoms with Gasteiger partial charge in [-0.05, 0) is 23.8 Å². The Hall–Kier alpha value is -3.45. The van der Waals surface area contributed by atoms with E-state index in [0.717, 1.165) is 10.4 Å². The first-order valence-electron chi connectivity index (χ1n) is 8.03. The van der Waals surface area contributed by atoms with Crippen LogP contribution in [0.15, 0.2) is 60.7 Å². The molecule has 0 fully saturated rings. The maximum Gasteiger partial charge on any atom is 0.377 e. The van der Waals surface area contributed by atoms with E-state index in [0.29, 0.717) is 10.8 Å². The summed E-state index contributed by atoms with van der Waals surface area (Å²) in [6, 6.07) is 17.5. The Morgan fingerprint density at radius 3 is 2.11 bits per heavy atom. The molecule has 7 heteroatoms. The van der Waals surface area contributed by atoms with Crippen LogP contribution in [0.2, 0.25) is 0 Å². The molecule has 0 saturated heterocycles. The van der Waals surface area contributed by atoms with Crippen LogP contribution in [0.4, 0.5) is 0 Å². The average molecular weight is 379 g/mol. The lowest BCUT2D eigenvalue weighted by Gasteiger charge is -2.12. The molecule has 2 heterocycles. The van der Waals surface area contributed by atoms with Crippen LogP contribution in [-0.4, -0.2) is 30.0 Å². The van der Waals surface area contributed by atoms with Crippen molar-refractivity contribution in [2.75, 3.05) is 7.11 Å². The number of thiophene rings is 1. The molecule has 3 aromatic rings. The summed E-state index contributed by atoms with van der Waals surface area (Å²) in [5, 5.41) is 0.494. The predicted molar refractivity (Wildman–Crippen MR) is 98.7 cm³/mol. The molecule has 1 aromatic heterocycles. The molecule has 2 amide bonds. The first-order chi connectivity index (χ1) is 13.1. The zero-order valence-electron chi connectivity index (χ0n) is 14.2. The van der Waals surface area contributed by atoms with Gasteiger partial charge in [-0.25, -0.2) is 4.79 Å². The molecule has 0 unspecified atom stereocenters. The second-order valence-corrected chi connectivity index (χ2v) is 6.76. The fraction of sp³-hybridized carbons (Fsp3) is 0.0500. The van der Waals surface area contributed by atoms with Gasteiger partial charge in [0.05, 0.1) is 18.2 Å². The van der Waals surface area contributed by atoms with Crippen molar-refractivity contribution >= 4 is 29.1 Å². The molecule has 0 atom stereocenters. The Morgan fingerprint density at radius 1 is 0.926 bits per heavy atom. The van der Waals surface area contributed by atoms with Crippen molar-refractivity contribution in [1.29, 1.82) is 0 Å². The number of hydrogen-bond acceptors (Lipinski definition) is 6. The van der Waals surface area contributed by atoms with Crippen LogP contribution < -0.4 is 4.74 Å². The highest BCUT2D eigenvalue weighted by Crippen LogP contribution is 2.37. The maximum absolute atomic E-state index is 12.6. The third-order valence-corrected chi connectivity index (χ3v) is 5.24. The minimum atomic E-state index is -0.825. The molecule has 134 valence electrons. The monoisotopic (exact) mass is 379 g/mol. The summed E-state index contributed by atoms with van der Waals surface area (Å²) >= 11 is 1.17. The lowest BCUT2D eigenvalue weighted by Crippen LogP contribution is -2.32. The number of imide groups is 1. The molecule has 2 aromatic carbocycles. The van der Waals surface area contributed by atoms with E-state index >= 15 is 0 Å². The van der Waals surface area contributed by atoms with Crippen molar-refractivity contribution in [2.45, 2.75) is 0 Å². The Balaban J connectivity index is 1.62. The number of fused-ring (bicyclic) bond motifs is 1. The van der Waals surface area contributed by atoms with Gasteiger partial charge in [-0.1, -0.05) is 47.5 Å². The number of benzene rings is 2. The second-order valence-electron chi connectivity index (χ2n) is 5.70. The number of carbonyl (C=O) groups is 3. The van der Waals surface area contributed by atoms with E-state index in [2.05, 4.69) is 0 Å². The van der Waals surface area contributed by atoms with E-state index in [9.17, 15) is 14.4 Å². The van der Waals surface area contributed by atoms with Gasteiger partial charge in [-0.3, -0.25) is 9.59 Å². The van der Waals surface area contributed by atoms with Gasteiger partial charge in [-0.15, -0.1) is 11.3 Å². The van der Waals surface area contributed by atoms with Crippen molar-refractivity contribution in [3.05, 3.63) is 76.7 Å². The zero-order chi connectivity index (χ0) is 19.0. The number of rotatable bonds is 4. The van der Waals surface area contributed by atoms with Gasteiger partial charge in [-0.2, -0.15) is 0 Å². The maximum atomic E-state index is 12.6. The molecule has 0 N–H and O–H groups in total. The number of amides is 2. The number of nitrogens with zero attached hydrogens (tertiary/aromatic N) is 1. The van der Waals surface area contributed by atoms with Crippen LogP contribution in [0.3, 0.4) is 0 Å². The van der Waals surface area contributed by atoms with Crippen molar-refractivity contribution in [3.8, 4) is 16.2 Å².